The summed E-state index contributed by atoms with van der Waals surface area (Å²) in [6.07, 6.45) is 14.6. The number of carbonyl (C=O) groups excluding carboxylic acids is 1. The van der Waals surface area contributed by atoms with Gasteiger partial charge in [-0.15, -0.1) is 11.8 Å². The largest absolute Gasteiger partial charge is 0.234 e. The molecular weight excluding hydrogens is 208 g/mol. The van der Waals surface area contributed by atoms with Gasteiger partial charge in [0.2, 0.25) is 0 Å². The van der Waals surface area contributed by atoms with Crippen molar-refractivity contribution in [2.45, 2.75) is 77.6 Å². The van der Waals surface area contributed by atoms with Crippen molar-refractivity contribution in [2.24, 2.45) is 0 Å². The van der Waals surface area contributed by atoms with Gasteiger partial charge in [0, 0.05) is 12.8 Å². The minimum absolute atomic E-state index is 0.895. The lowest BCUT2D eigenvalue weighted by molar-refractivity contribution is 0.566. The molecule has 96 valence electrons. The van der Waals surface area contributed by atoms with E-state index in [4.69, 9.17) is 0 Å². The van der Waals surface area contributed by atoms with Crippen LogP contribution in [0.15, 0.2) is 6.08 Å². The zero-order chi connectivity index (χ0) is 12.6. The van der Waals surface area contributed by atoms with Crippen LogP contribution >= 0.6 is 0 Å². The molecule has 0 N–H and O–H groups in total. The Morgan fingerprint density at radius 2 is 1.41 bits per heavy atom. The second-order valence-corrected chi connectivity index (χ2v) is 4.44. The molecule has 0 bridgehead atoms. The average Bonchev–Trinajstić information content (AvgIpc) is 2.35. The van der Waals surface area contributed by atoms with E-state index in [1.807, 2.05) is 5.94 Å². The summed E-state index contributed by atoms with van der Waals surface area (Å²) in [4.78, 5) is 9.91. The highest BCUT2D eigenvalue weighted by Gasteiger charge is 1.89. The maximum absolute atomic E-state index is 9.91. The lowest BCUT2D eigenvalue weighted by Gasteiger charge is -1.98. The van der Waals surface area contributed by atoms with Crippen LogP contribution in [0.25, 0.3) is 0 Å². The van der Waals surface area contributed by atoms with Crippen LogP contribution in [-0.2, 0) is 4.79 Å². The number of hydrogen-bond donors (Lipinski definition) is 0. The van der Waals surface area contributed by atoms with E-state index in [0.29, 0.717) is 0 Å². The molecule has 0 heterocycles. The summed E-state index contributed by atoms with van der Waals surface area (Å²) in [5.74, 6) is 8.28. The number of allylic oxidation sites excluding steroid dienone is 1. The maximum Gasteiger partial charge on any atom is 0.120 e. The van der Waals surface area contributed by atoms with Crippen LogP contribution in [0.2, 0.25) is 0 Å². The van der Waals surface area contributed by atoms with Gasteiger partial charge in [-0.05, 0) is 31.8 Å². The third-order valence-corrected chi connectivity index (χ3v) is 2.76. The third-order valence-electron chi connectivity index (χ3n) is 2.76. The van der Waals surface area contributed by atoms with Gasteiger partial charge in [0.05, 0.1) is 0 Å². The van der Waals surface area contributed by atoms with Crippen molar-refractivity contribution in [1.82, 2.24) is 0 Å². The van der Waals surface area contributed by atoms with Gasteiger partial charge in [0.1, 0.15) is 5.94 Å². The first-order chi connectivity index (χ1) is 8.41. The van der Waals surface area contributed by atoms with Gasteiger partial charge >= 0.3 is 0 Å². The lowest BCUT2D eigenvalue weighted by Crippen LogP contribution is -1.79. The molecule has 0 fully saturated rings. The highest BCUT2D eigenvalue weighted by Crippen LogP contribution is 2.08. The zero-order valence-corrected chi connectivity index (χ0v) is 11.3. The Kier molecular flexibility index (Phi) is 14.1. The van der Waals surface area contributed by atoms with E-state index >= 15 is 0 Å². The Balaban J connectivity index is 3.07. The molecule has 0 aromatic rings. The van der Waals surface area contributed by atoms with E-state index in [1.54, 1.807) is 6.08 Å². The molecule has 0 aromatic carbocycles. The molecule has 0 saturated carbocycles. The number of hydrogen-bond acceptors (Lipinski definition) is 1. The summed E-state index contributed by atoms with van der Waals surface area (Å²) in [6.45, 7) is 2.20. The summed E-state index contributed by atoms with van der Waals surface area (Å²) >= 11 is 0. The van der Waals surface area contributed by atoms with Crippen LogP contribution in [0.3, 0.4) is 0 Å². The highest BCUT2D eigenvalue weighted by atomic mass is 16.1. The van der Waals surface area contributed by atoms with E-state index < -0.39 is 0 Å². The van der Waals surface area contributed by atoms with Gasteiger partial charge in [-0.25, -0.2) is 4.79 Å². The summed E-state index contributed by atoms with van der Waals surface area (Å²) < 4.78 is 0. The van der Waals surface area contributed by atoms with Gasteiger partial charge in [-0.1, -0.05) is 39.0 Å². The Morgan fingerprint density at radius 3 is 2.06 bits per heavy atom. The van der Waals surface area contributed by atoms with Gasteiger partial charge in [0.15, 0.2) is 0 Å². The van der Waals surface area contributed by atoms with Crippen LogP contribution in [0, 0.1) is 11.8 Å². The standard InChI is InChI=1S/C16H26O/c1-2-3-4-5-6-7-8-9-10-11-12-13-14-15-16-17/h15H,2-4,7-14H2,1H3. The minimum atomic E-state index is 0.895. The number of rotatable bonds is 10. The quantitative estimate of drug-likeness (QED) is 0.304. The van der Waals surface area contributed by atoms with Crippen LogP contribution in [-0.4, -0.2) is 5.94 Å². The molecule has 0 spiro atoms. The van der Waals surface area contributed by atoms with Gasteiger partial charge in [-0.3, -0.25) is 0 Å². The van der Waals surface area contributed by atoms with Crippen LogP contribution in [0.1, 0.15) is 77.6 Å². The van der Waals surface area contributed by atoms with Crippen LogP contribution < -0.4 is 0 Å². The zero-order valence-electron chi connectivity index (χ0n) is 11.3. The van der Waals surface area contributed by atoms with E-state index in [-0.39, 0.29) is 0 Å². The molecule has 0 amide bonds. The normalized spacial score (nSPS) is 9.24. The van der Waals surface area contributed by atoms with Crippen molar-refractivity contribution in [1.29, 1.82) is 0 Å². The highest BCUT2D eigenvalue weighted by molar-refractivity contribution is 5.44. The van der Waals surface area contributed by atoms with E-state index in [9.17, 15) is 4.79 Å². The molecule has 17 heavy (non-hydrogen) atoms. The smallest absolute Gasteiger partial charge is 0.120 e. The first-order valence-electron chi connectivity index (χ1n) is 7.07. The molecule has 1 heteroatoms. The fourth-order valence-corrected chi connectivity index (χ4v) is 1.67. The summed E-state index contributed by atoms with van der Waals surface area (Å²) in [5, 5.41) is 0. The molecule has 1 nitrogen and oxygen atoms in total. The van der Waals surface area contributed by atoms with Gasteiger partial charge < -0.3 is 0 Å². The second kappa shape index (κ2) is 15.0. The predicted octanol–water partition coefficient (Wildman–Crippen LogP) is 4.69. The Labute approximate surface area is 107 Å². The maximum atomic E-state index is 9.91. The molecule has 0 saturated heterocycles. The molecule has 0 aromatic heterocycles. The average molecular weight is 234 g/mol. The van der Waals surface area contributed by atoms with Gasteiger partial charge in [0.25, 0.3) is 0 Å². The van der Waals surface area contributed by atoms with Crippen molar-refractivity contribution in [2.75, 3.05) is 0 Å². The molecule has 0 unspecified atom stereocenters. The van der Waals surface area contributed by atoms with Crippen molar-refractivity contribution < 1.29 is 4.79 Å². The van der Waals surface area contributed by atoms with Crippen LogP contribution in [0.4, 0.5) is 0 Å². The summed E-state index contributed by atoms with van der Waals surface area (Å²) in [5.41, 5.74) is 0. The Bertz CT molecular complexity index is 250. The number of unbranched alkanes of at least 4 members (excludes halogenated alkanes) is 9. The lowest BCUT2D eigenvalue weighted by atomic mass is 10.1. The second-order valence-electron chi connectivity index (χ2n) is 4.44. The molecule has 0 aliphatic rings. The van der Waals surface area contributed by atoms with Gasteiger partial charge in [-0.2, -0.15) is 0 Å². The fourth-order valence-electron chi connectivity index (χ4n) is 1.67. The molecule has 0 aliphatic carbocycles. The first-order valence-corrected chi connectivity index (χ1v) is 7.07. The first kappa shape index (κ1) is 16.0. The fraction of sp³-hybridized carbons (Fsp3) is 0.750. The molecule has 0 aliphatic heterocycles. The van der Waals surface area contributed by atoms with Crippen molar-refractivity contribution in [3.63, 3.8) is 0 Å². The Morgan fingerprint density at radius 1 is 0.824 bits per heavy atom. The van der Waals surface area contributed by atoms with Crippen LogP contribution in [0.5, 0.6) is 0 Å². The van der Waals surface area contributed by atoms with Crippen molar-refractivity contribution >= 4 is 5.94 Å². The van der Waals surface area contributed by atoms with E-state index in [2.05, 4.69) is 18.8 Å². The van der Waals surface area contributed by atoms with E-state index in [0.717, 1.165) is 25.7 Å². The van der Waals surface area contributed by atoms with Crippen molar-refractivity contribution in [3.8, 4) is 11.8 Å². The molecule has 0 atom stereocenters. The predicted molar refractivity (Wildman–Crippen MR) is 74.5 cm³/mol. The topological polar surface area (TPSA) is 17.1 Å². The Hall–Kier alpha value is -0.990. The molecule has 0 radical (unpaired) electrons. The SMILES string of the molecule is CCCCC#CCCCCCCCCC=C=O. The minimum Gasteiger partial charge on any atom is -0.234 e. The monoisotopic (exact) mass is 234 g/mol. The van der Waals surface area contributed by atoms with Crippen molar-refractivity contribution in [3.05, 3.63) is 6.08 Å². The van der Waals surface area contributed by atoms with E-state index in [1.165, 1.54) is 44.9 Å². The molecular formula is C16H26O. The summed E-state index contributed by atoms with van der Waals surface area (Å²) in [7, 11) is 0. The molecule has 0 rings (SSSR count). The summed E-state index contributed by atoms with van der Waals surface area (Å²) in [6, 6.07) is 0. The third kappa shape index (κ3) is 15.0.